The van der Waals surface area contributed by atoms with E-state index in [-0.39, 0.29) is 0 Å². The van der Waals surface area contributed by atoms with Crippen LogP contribution >= 0.6 is 0 Å². The molecule has 145 valence electrons. The van der Waals surface area contributed by atoms with Gasteiger partial charge >= 0.3 is 0 Å². The van der Waals surface area contributed by atoms with E-state index in [0.29, 0.717) is 12.0 Å². The third kappa shape index (κ3) is 5.47. The SMILES string of the molecule is [CH2]C(C)c1ccc(OCCC[N+]2(CC3CC3)CCN(C(C)C)CC2)cc1. The number of benzene rings is 1. The standard InChI is InChI=1S/C23H38N2O/c1-19(2)22-8-10-23(11-9-22)26-17-5-14-25(18-21-6-7-21)15-12-24(13-16-25)20(3)4/h8-11,19-21H,1,5-7,12-18H2,2-4H3/q+1. The summed E-state index contributed by atoms with van der Waals surface area (Å²) >= 11 is 0. The van der Waals surface area contributed by atoms with Crippen molar-refractivity contribution in [2.24, 2.45) is 5.92 Å². The number of ether oxygens (including phenoxy) is 1. The molecule has 3 nitrogen and oxygen atoms in total. The lowest BCUT2D eigenvalue weighted by atomic mass is 10.0. The Morgan fingerprint density at radius 1 is 1.12 bits per heavy atom. The van der Waals surface area contributed by atoms with Gasteiger partial charge < -0.3 is 9.22 Å². The van der Waals surface area contributed by atoms with Gasteiger partial charge in [-0.25, -0.2) is 0 Å². The third-order valence-corrected chi connectivity index (χ3v) is 6.29. The van der Waals surface area contributed by atoms with E-state index in [0.717, 1.165) is 24.7 Å². The molecular formula is C23H38N2O+. The molecule has 3 rings (SSSR count). The summed E-state index contributed by atoms with van der Waals surface area (Å²) in [7, 11) is 0. The molecule has 2 aliphatic rings. The van der Waals surface area contributed by atoms with E-state index in [4.69, 9.17) is 4.74 Å². The van der Waals surface area contributed by atoms with Crippen molar-refractivity contribution >= 4 is 0 Å². The number of hydrogen-bond donors (Lipinski definition) is 0. The Labute approximate surface area is 160 Å². The quantitative estimate of drug-likeness (QED) is 0.481. The van der Waals surface area contributed by atoms with Crippen LogP contribution in [0.5, 0.6) is 5.75 Å². The van der Waals surface area contributed by atoms with Crippen LogP contribution in [0.2, 0.25) is 0 Å². The molecule has 3 heteroatoms. The van der Waals surface area contributed by atoms with E-state index in [2.05, 4.69) is 56.9 Å². The zero-order chi connectivity index (χ0) is 18.6. The second-order valence-electron chi connectivity index (χ2n) is 8.94. The fourth-order valence-corrected chi connectivity index (χ4v) is 4.25. The fourth-order valence-electron chi connectivity index (χ4n) is 4.25. The van der Waals surface area contributed by atoms with Crippen molar-refractivity contribution < 1.29 is 9.22 Å². The summed E-state index contributed by atoms with van der Waals surface area (Å²) in [5.74, 6) is 2.33. The van der Waals surface area contributed by atoms with Gasteiger partial charge in [0.2, 0.25) is 0 Å². The Morgan fingerprint density at radius 2 is 1.77 bits per heavy atom. The monoisotopic (exact) mass is 358 g/mol. The van der Waals surface area contributed by atoms with Crippen LogP contribution in [0.3, 0.4) is 0 Å². The summed E-state index contributed by atoms with van der Waals surface area (Å²) in [5, 5.41) is 0. The Kier molecular flexibility index (Phi) is 6.63. The van der Waals surface area contributed by atoms with Crippen molar-refractivity contribution in [3.63, 3.8) is 0 Å². The molecule has 0 bridgehead atoms. The van der Waals surface area contributed by atoms with Gasteiger partial charge in [0, 0.05) is 31.5 Å². The van der Waals surface area contributed by atoms with Gasteiger partial charge in [-0.05, 0) is 57.2 Å². The van der Waals surface area contributed by atoms with Crippen molar-refractivity contribution in [1.82, 2.24) is 4.90 Å². The fraction of sp³-hybridized carbons (Fsp3) is 0.696. The van der Waals surface area contributed by atoms with E-state index < -0.39 is 0 Å². The molecule has 1 aliphatic heterocycles. The second-order valence-corrected chi connectivity index (χ2v) is 8.94. The van der Waals surface area contributed by atoms with Crippen LogP contribution in [-0.2, 0) is 0 Å². The van der Waals surface area contributed by atoms with E-state index >= 15 is 0 Å². The number of rotatable bonds is 9. The van der Waals surface area contributed by atoms with E-state index in [1.54, 1.807) is 0 Å². The van der Waals surface area contributed by atoms with Gasteiger partial charge in [-0.2, -0.15) is 0 Å². The smallest absolute Gasteiger partial charge is 0.119 e. The minimum atomic E-state index is 0.334. The van der Waals surface area contributed by atoms with Crippen molar-refractivity contribution in [3.8, 4) is 5.75 Å². The molecule has 1 radical (unpaired) electrons. The summed E-state index contributed by atoms with van der Waals surface area (Å²) in [6, 6.07) is 9.14. The summed E-state index contributed by atoms with van der Waals surface area (Å²) in [6.07, 6.45) is 4.07. The van der Waals surface area contributed by atoms with Gasteiger partial charge in [-0.15, -0.1) is 0 Å². The van der Waals surface area contributed by atoms with Crippen LogP contribution < -0.4 is 4.74 Å². The minimum absolute atomic E-state index is 0.334. The predicted molar refractivity (Wildman–Crippen MR) is 109 cm³/mol. The average Bonchev–Trinajstić information content (AvgIpc) is 3.43. The molecular weight excluding hydrogens is 320 g/mol. The average molecular weight is 359 g/mol. The van der Waals surface area contributed by atoms with Gasteiger partial charge in [-0.3, -0.25) is 4.90 Å². The molecule has 1 heterocycles. The van der Waals surface area contributed by atoms with E-state index in [1.807, 2.05) is 0 Å². The summed E-state index contributed by atoms with van der Waals surface area (Å²) in [5.41, 5.74) is 1.27. The van der Waals surface area contributed by atoms with Crippen LogP contribution in [0.1, 0.15) is 51.5 Å². The van der Waals surface area contributed by atoms with E-state index in [9.17, 15) is 0 Å². The molecule has 0 N–H and O–H groups in total. The lowest BCUT2D eigenvalue weighted by Gasteiger charge is -2.46. The summed E-state index contributed by atoms with van der Waals surface area (Å²) < 4.78 is 7.34. The maximum atomic E-state index is 6.02. The molecule has 1 atom stereocenters. The number of quaternary nitrogens is 1. The highest BCUT2D eigenvalue weighted by molar-refractivity contribution is 5.29. The van der Waals surface area contributed by atoms with Crippen molar-refractivity contribution in [1.29, 1.82) is 0 Å². The second kappa shape index (κ2) is 8.75. The topological polar surface area (TPSA) is 12.5 Å². The first-order valence-corrected chi connectivity index (χ1v) is 10.6. The highest BCUT2D eigenvalue weighted by Crippen LogP contribution is 2.33. The van der Waals surface area contributed by atoms with Gasteiger partial charge in [-0.1, -0.05) is 19.1 Å². The van der Waals surface area contributed by atoms with Gasteiger partial charge in [0.05, 0.1) is 32.8 Å². The van der Waals surface area contributed by atoms with E-state index in [1.165, 1.54) is 62.2 Å². The van der Waals surface area contributed by atoms with Crippen LogP contribution in [0.25, 0.3) is 0 Å². The lowest BCUT2D eigenvalue weighted by Crippen LogP contribution is -2.61. The van der Waals surface area contributed by atoms with Crippen LogP contribution in [-0.4, -0.2) is 61.3 Å². The molecule has 26 heavy (non-hydrogen) atoms. The molecule has 0 amide bonds. The number of hydrogen-bond acceptors (Lipinski definition) is 2. The number of piperazine rings is 1. The van der Waals surface area contributed by atoms with Crippen LogP contribution in [0.4, 0.5) is 0 Å². The zero-order valence-corrected chi connectivity index (χ0v) is 17.1. The first-order chi connectivity index (χ1) is 12.5. The van der Waals surface area contributed by atoms with Crippen LogP contribution in [0.15, 0.2) is 24.3 Å². The van der Waals surface area contributed by atoms with Gasteiger partial charge in [0.15, 0.2) is 0 Å². The third-order valence-electron chi connectivity index (χ3n) is 6.29. The highest BCUT2D eigenvalue weighted by Gasteiger charge is 2.38. The molecule has 0 spiro atoms. The zero-order valence-electron chi connectivity index (χ0n) is 17.1. The number of nitrogens with zero attached hydrogens (tertiary/aromatic N) is 2. The molecule has 0 aromatic heterocycles. The summed E-state index contributed by atoms with van der Waals surface area (Å²) in [4.78, 5) is 2.64. The van der Waals surface area contributed by atoms with Gasteiger partial charge in [0.25, 0.3) is 0 Å². The molecule has 1 aromatic carbocycles. The maximum absolute atomic E-state index is 6.02. The highest BCUT2D eigenvalue weighted by atomic mass is 16.5. The van der Waals surface area contributed by atoms with Crippen molar-refractivity contribution in [2.75, 3.05) is 45.9 Å². The largest absolute Gasteiger partial charge is 0.493 e. The Hall–Kier alpha value is -1.06. The molecule has 1 saturated heterocycles. The molecule has 1 saturated carbocycles. The summed E-state index contributed by atoms with van der Waals surface area (Å²) in [6.45, 7) is 19.5. The molecule has 1 aromatic rings. The lowest BCUT2D eigenvalue weighted by molar-refractivity contribution is -0.934. The van der Waals surface area contributed by atoms with Crippen molar-refractivity contribution in [3.05, 3.63) is 36.8 Å². The molecule has 1 aliphatic carbocycles. The Balaban J connectivity index is 1.46. The normalized spacial score (nSPS) is 20.7. The first-order valence-electron chi connectivity index (χ1n) is 10.6. The molecule has 1 unspecified atom stereocenters. The molecule has 2 fully saturated rings. The van der Waals surface area contributed by atoms with Crippen LogP contribution in [0, 0.1) is 12.8 Å². The van der Waals surface area contributed by atoms with Crippen molar-refractivity contribution in [2.45, 2.75) is 52.0 Å². The Bertz CT molecular complexity index is 540. The predicted octanol–water partition coefficient (Wildman–Crippen LogP) is 4.34. The minimum Gasteiger partial charge on any atom is -0.493 e. The first kappa shape index (κ1) is 19.7. The van der Waals surface area contributed by atoms with Gasteiger partial charge in [0.1, 0.15) is 5.75 Å². The Morgan fingerprint density at radius 3 is 2.31 bits per heavy atom. The maximum Gasteiger partial charge on any atom is 0.119 e.